The van der Waals surface area contributed by atoms with E-state index in [1.165, 1.54) is 0 Å². The largest absolute Gasteiger partial charge is 0.339 e. The molecule has 0 bridgehead atoms. The number of hydrogen-bond acceptors (Lipinski definition) is 4. The first-order valence-corrected chi connectivity index (χ1v) is 8.62. The number of thiophene rings is 1. The summed E-state index contributed by atoms with van der Waals surface area (Å²) in [7, 11) is 0. The summed E-state index contributed by atoms with van der Waals surface area (Å²) in [5.74, 6) is 0.116. The number of nitrogens with zero attached hydrogens (tertiary/aromatic N) is 4. The van der Waals surface area contributed by atoms with E-state index in [-0.39, 0.29) is 17.9 Å². The minimum absolute atomic E-state index is 0.0492. The van der Waals surface area contributed by atoms with Gasteiger partial charge < -0.3 is 9.80 Å². The Hall–Kier alpha value is -2.15. The molecule has 1 fully saturated rings. The molecule has 2 aromatic rings. The maximum atomic E-state index is 12.6. The Bertz CT molecular complexity index is 687. The Labute approximate surface area is 139 Å². The van der Waals surface area contributed by atoms with Crippen molar-refractivity contribution in [3.63, 3.8) is 0 Å². The number of piperazine rings is 1. The van der Waals surface area contributed by atoms with Gasteiger partial charge in [0.1, 0.15) is 6.04 Å². The Balaban J connectivity index is 1.65. The van der Waals surface area contributed by atoms with Gasteiger partial charge in [-0.25, -0.2) is 0 Å². The lowest BCUT2D eigenvalue weighted by molar-refractivity contribution is -0.140. The maximum Gasteiger partial charge on any atom is 0.247 e. The van der Waals surface area contributed by atoms with E-state index in [1.807, 2.05) is 40.9 Å². The molecule has 1 unspecified atom stereocenters. The monoisotopic (exact) mass is 332 g/mol. The first-order valence-electron chi connectivity index (χ1n) is 7.68. The van der Waals surface area contributed by atoms with Crippen molar-refractivity contribution >= 4 is 23.2 Å². The minimum Gasteiger partial charge on any atom is -0.339 e. The van der Waals surface area contributed by atoms with Gasteiger partial charge in [-0.1, -0.05) is 0 Å². The van der Waals surface area contributed by atoms with E-state index >= 15 is 0 Å². The average molecular weight is 332 g/mol. The second-order valence-electron chi connectivity index (χ2n) is 5.70. The molecule has 23 heavy (non-hydrogen) atoms. The summed E-state index contributed by atoms with van der Waals surface area (Å²) in [5, 5.41) is 8.58. The van der Waals surface area contributed by atoms with E-state index in [9.17, 15) is 9.59 Å². The topological polar surface area (TPSA) is 58.4 Å². The predicted molar refractivity (Wildman–Crippen MR) is 89.1 cm³/mol. The summed E-state index contributed by atoms with van der Waals surface area (Å²) in [5.41, 5.74) is 1.95. The predicted octanol–water partition coefficient (Wildman–Crippen LogP) is 1.86. The van der Waals surface area contributed by atoms with E-state index in [2.05, 4.69) is 5.10 Å². The number of hydrogen-bond donors (Lipinski definition) is 0. The van der Waals surface area contributed by atoms with Crippen LogP contribution in [-0.4, -0.2) is 57.6 Å². The second kappa shape index (κ2) is 6.54. The van der Waals surface area contributed by atoms with Crippen LogP contribution in [0.5, 0.6) is 0 Å². The van der Waals surface area contributed by atoms with Crippen molar-refractivity contribution < 1.29 is 9.59 Å². The third-order valence-corrected chi connectivity index (χ3v) is 4.90. The van der Waals surface area contributed by atoms with Gasteiger partial charge in [0.25, 0.3) is 0 Å². The summed E-state index contributed by atoms with van der Waals surface area (Å²) in [4.78, 5) is 27.6. The fourth-order valence-corrected chi connectivity index (χ4v) is 3.39. The van der Waals surface area contributed by atoms with Gasteiger partial charge in [0.15, 0.2) is 0 Å². The van der Waals surface area contributed by atoms with Gasteiger partial charge in [-0.2, -0.15) is 16.4 Å². The van der Waals surface area contributed by atoms with Crippen molar-refractivity contribution in [3.05, 3.63) is 29.1 Å². The SMILES string of the molecule is CC(=O)N1CCN(C(=O)C(C)n2ccc(-c3ccsc3)n2)CC1. The first-order chi connectivity index (χ1) is 11.1. The number of amides is 2. The van der Waals surface area contributed by atoms with Crippen LogP contribution in [0.15, 0.2) is 29.1 Å². The molecule has 7 heteroatoms. The highest BCUT2D eigenvalue weighted by Crippen LogP contribution is 2.21. The van der Waals surface area contributed by atoms with Crippen LogP contribution in [0.3, 0.4) is 0 Å². The minimum atomic E-state index is -0.341. The van der Waals surface area contributed by atoms with Crippen molar-refractivity contribution in [1.29, 1.82) is 0 Å². The summed E-state index contributed by atoms with van der Waals surface area (Å²) in [6.45, 7) is 5.81. The fraction of sp³-hybridized carbons (Fsp3) is 0.438. The number of carbonyl (C=O) groups excluding carboxylic acids is 2. The van der Waals surface area contributed by atoms with Crippen molar-refractivity contribution in [2.45, 2.75) is 19.9 Å². The number of rotatable bonds is 3. The maximum absolute atomic E-state index is 12.6. The molecule has 6 nitrogen and oxygen atoms in total. The zero-order valence-electron chi connectivity index (χ0n) is 13.3. The second-order valence-corrected chi connectivity index (χ2v) is 6.48. The van der Waals surface area contributed by atoms with Crippen molar-refractivity contribution in [2.75, 3.05) is 26.2 Å². The zero-order chi connectivity index (χ0) is 16.4. The van der Waals surface area contributed by atoms with Crippen LogP contribution in [0, 0.1) is 0 Å². The molecule has 0 spiro atoms. The van der Waals surface area contributed by atoms with Crippen LogP contribution in [0.4, 0.5) is 0 Å². The van der Waals surface area contributed by atoms with Crippen LogP contribution in [0.25, 0.3) is 11.3 Å². The quantitative estimate of drug-likeness (QED) is 0.862. The summed E-state index contributed by atoms with van der Waals surface area (Å²) >= 11 is 1.63. The normalized spacial score (nSPS) is 16.4. The van der Waals surface area contributed by atoms with E-state index in [0.717, 1.165) is 11.3 Å². The molecular weight excluding hydrogens is 312 g/mol. The van der Waals surface area contributed by atoms with Crippen LogP contribution < -0.4 is 0 Å². The highest BCUT2D eigenvalue weighted by molar-refractivity contribution is 7.08. The lowest BCUT2D eigenvalue weighted by Gasteiger charge is -2.35. The van der Waals surface area contributed by atoms with Crippen LogP contribution >= 0.6 is 11.3 Å². The Morgan fingerprint density at radius 3 is 2.48 bits per heavy atom. The summed E-state index contributed by atoms with van der Waals surface area (Å²) in [6, 6.07) is 3.61. The highest BCUT2D eigenvalue weighted by Gasteiger charge is 2.27. The van der Waals surface area contributed by atoms with Crippen LogP contribution in [0.2, 0.25) is 0 Å². The van der Waals surface area contributed by atoms with E-state index < -0.39 is 0 Å². The lowest BCUT2D eigenvalue weighted by atomic mass is 10.2. The molecule has 0 saturated carbocycles. The van der Waals surface area contributed by atoms with Crippen molar-refractivity contribution in [1.82, 2.24) is 19.6 Å². The standard InChI is InChI=1S/C16H20N4O2S/c1-12(16(22)19-8-6-18(7-9-19)13(2)21)20-5-3-15(17-20)14-4-10-23-11-14/h3-5,10-12H,6-9H2,1-2H3. The molecule has 3 rings (SSSR count). The smallest absolute Gasteiger partial charge is 0.247 e. The number of aromatic nitrogens is 2. The molecule has 0 radical (unpaired) electrons. The molecule has 2 amide bonds. The summed E-state index contributed by atoms with van der Waals surface area (Å²) in [6.07, 6.45) is 1.85. The highest BCUT2D eigenvalue weighted by atomic mass is 32.1. The third-order valence-electron chi connectivity index (χ3n) is 4.22. The molecule has 0 aliphatic carbocycles. The van der Waals surface area contributed by atoms with E-state index in [4.69, 9.17) is 0 Å². The zero-order valence-corrected chi connectivity index (χ0v) is 14.1. The van der Waals surface area contributed by atoms with E-state index in [0.29, 0.717) is 26.2 Å². The summed E-state index contributed by atoms with van der Waals surface area (Å²) < 4.78 is 1.71. The Kier molecular flexibility index (Phi) is 4.47. The third kappa shape index (κ3) is 3.29. The van der Waals surface area contributed by atoms with Gasteiger partial charge in [-0.3, -0.25) is 14.3 Å². The van der Waals surface area contributed by atoms with Gasteiger partial charge in [0.05, 0.1) is 5.69 Å². The molecule has 1 saturated heterocycles. The van der Waals surface area contributed by atoms with Crippen LogP contribution in [0.1, 0.15) is 19.9 Å². The first kappa shape index (κ1) is 15.7. The molecule has 1 aliphatic heterocycles. The Morgan fingerprint density at radius 1 is 1.17 bits per heavy atom. The lowest BCUT2D eigenvalue weighted by Crippen LogP contribution is -2.51. The molecule has 0 N–H and O–H groups in total. The molecule has 0 aromatic carbocycles. The van der Waals surface area contributed by atoms with Crippen LogP contribution in [-0.2, 0) is 9.59 Å². The number of carbonyl (C=O) groups is 2. The Morgan fingerprint density at radius 2 is 1.87 bits per heavy atom. The average Bonchev–Trinajstić information content (AvgIpc) is 3.24. The van der Waals surface area contributed by atoms with Gasteiger partial charge in [0, 0.05) is 50.2 Å². The molecule has 122 valence electrons. The molecule has 1 aliphatic rings. The van der Waals surface area contributed by atoms with E-state index in [1.54, 1.807) is 27.8 Å². The van der Waals surface area contributed by atoms with Gasteiger partial charge in [-0.05, 0) is 24.4 Å². The molecule has 3 heterocycles. The molecular formula is C16H20N4O2S. The van der Waals surface area contributed by atoms with Crippen molar-refractivity contribution in [3.8, 4) is 11.3 Å². The van der Waals surface area contributed by atoms with Gasteiger partial charge in [-0.15, -0.1) is 0 Å². The van der Waals surface area contributed by atoms with Crippen molar-refractivity contribution in [2.24, 2.45) is 0 Å². The fourth-order valence-electron chi connectivity index (χ4n) is 2.74. The molecule has 1 atom stereocenters. The van der Waals surface area contributed by atoms with Gasteiger partial charge in [0.2, 0.25) is 11.8 Å². The molecule has 2 aromatic heterocycles. The van der Waals surface area contributed by atoms with Gasteiger partial charge >= 0.3 is 0 Å².